The molecule has 1 spiro atoms. The lowest BCUT2D eigenvalue weighted by Crippen LogP contribution is -2.52. The van der Waals surface area contributed by atoms with E-state index in [2.05, 4.69) is 20.5 Å². The van der Waals surface area contributed by atoms with Crippen molar-refractivity contribution in [1.29, 1.82) is 0 Å². The second-order valence-electron chi connectivity index (χ2n) is 8.10. The Balaban J connectivity index is 1.36. The fourth-order valence-electron chi connectivity index (χ4n) is 3.95. The van der Waals surface area contributed by atoms with E-state index >= 15 is 0 Å². The minimum absolute atomic E-state index is 0.0504. The molecule has 0 saturated carbocycles. The first-order chi connectivity index (χ1) is 14.3. The highest BCUT2D eigenvalue weighted by Crippen LogP contribution is 2.29. The molecule has 6 nitrogen and oxygen atoms in total. The molecule has 2 aromatic rings. The number of nitrogens with zero attached hydrogens (tertiary/aromatic N) is 2. The van der Waals surface area contributed by atoms with Gasteiger partial charge in [0.2, 0.25) is 5.91 Å². The Kier molecular flexibility index (Phi) is 5.39. The van der Waals surface area contributed by atoms with Gasteiger partial charge in [0.1, 0.15) is 17.2 Å². The molecule has 0 atom stereocenters. The number of likely N-dealkylation sites (tertiary alicyclic amines) is 1. The van der Waals surface area contributed by atoms with Gasteiger partial charge >= 0.3 is 0 Å². The molecule has 2 aliphatic rings. The second-order valence-corrected chi connectivity index (χ2v) is 8.10. The average molecular weight is 408 g/mol. The number of piperidine rings is 1. The number of amides is 2. The Morgan fingerprint density at radius 1 is 1.17 bits per heavy atom. The Morgan fingerprint density at radius 3 is 2.57 bits per heavy atom. The lowest BCUT2D eigenvalue weighted by molar-refractivity contribution is -0.119. The van der Waals surface area contributed by atoms with Crippen LogP contribution in [0.1, 0.15) is 29.5 Å². The average Bonchev–Trinajstić information content (AvgIpc) is 3.03. The van der Waals surface area contributed by atoms with E-state index in [1.807, 2.05) is 32.0 Å². The molecule has 30 heavy (non-hydrogen) atoms. The van der Waals surface area contributed by atoms with E-state index in [9.17, 15) is 14.0 Å². The third kappa shape index (κ3) is 4.26. The highest BCUT2D eigenvalue weighted by Gasteiger charge is 2.42. The van der Waals surface area contributed by atoms with E-state index in [1.165, 1.54) is 12.1 Å². The van der Waals surface area contributed by atoms with Crippen molar-refractivity contribution >= 4 is 23.2 Å². The largest absolute Gasteiger partial charge is 0.326 e. The van der Waals surface area contributed by atoms with Gasteiger partial charge in [-0.2, -0.15) is 0 Å². The molecule has 0 unspecified atom stereocenters. The Morgan fingerprint density at radius 2 is 1.87 bits per heavy atom. The van der Waals surface area contributed by atoms with Gasteiger partial charge in [-0.25, -0.2) is 4.39 Å². The summed E-state index contributed by atoms with van der Waals surface area (Å²) in [4.78, 5) is 31.7. The molecule has 2 aliphatic heterocycles. The zero-order chi connectivity index (χ0) is 21.3. The smallest absolute Gasteiger partial charge is 0.272 e. The number of carbonyl (C=O) groups is 2. The van der Waals surface area contributed by atoms with E-state index in [0.717, 1.165) is 16.8 Å². The third-order valence-electron chi connectivity index (χ3n) is 5.72. The van der Waals surface area contributed by atoms with Crippen LogP contribution in [0.5, 0.6) is 0 Å². The zero-order valence-electron chi connectivity index (χ0n) is 17.2. The molecule has 2 N–H and O–H groups in total. The number of benzene rings is 2. The summed E-state index contributed by atoms with van der Waals surface area (Å²) < 4.78 is 13.2. The van der Waals surface area contributed by atoms with Crippen LogP contribution in [0.15, 0.2) is 47.5 Å². The van der Waals surface area contributed by atoms with Crippen LogP contribution in [0.2, 0.25) is 0 Å². The Labute approximate surface area is 175 Å². The molecule has 0 aromatic heterocycles. The predicted molar refractivity (Wildman–Crippen MR) is 114 cm³/mol. The number of hydrogen-bond donors (Lipinski definition) is 2. The standard InChI is InChI=1S/C23H25FN4O2/c1-15-3-4-16(2)19(13-15)25-20(29)14-28-11-9-23(10-12-28)26-21(22(30)27-23)17-5-7-18(24)8-6-17/h3-8,13H,9-12,14H2,1-2H3,(H,25,29)(H,27,30). The number of rotatable bonds is 4. The van der Waals surface area contributed by atoms with E-state index in [0.29, 0.717) is 43.8 Å². The van der Waals surface area contributed by atoms with Gasteiger partial charge in [0.15, 0.2) is 0 Å². The van der Waals surface area contributed by atoms with Crippen LogP contribution in [0, 0.1) is 19.7 Å². The van der Waals surface area contributed by atoms with Gasteiger partial charge in [-0.05, 0) is 55.3 Å². The molecule has 1 fully saturated rings. The molecule has 2 amide bonds. The van der Waals surface area contributed by atoms with Crippen molar-refractivity contribution < 1.29 is 14.0 Å². The van der Waals surface area contributed by atoms with Crippen molar-refractivity contribution in [1.82, 2.24) is 10.2 Å². The van der Waals surface area contributed by atoms with Gasteiger partial charge in [0.25, 0.3) is 5.91 Å². The number of carbonyl (C=O) groups excluding carboxylic acids is 2. The molecule has 0 aliphatic carbocycles. The maximum atomic E-state index is 13.2. The molecule has 2 aromatic carbocycles. The summed E-state index contributed by atoms with van der Waals surface area (Å²) in [5, 5.41) is 5.99. The van der Waals surface area contributed by atoms with Crippen LogP contribution >= 0.6 is 0 Å². The van der Waals surface area contributed by atoms with Crippen LogP contribution in [0.4, 0.5) is 10.1 Å². The number of halogens is 1. The monoisotopic (exact) mass is 408 g/mol. The number of hydrogen-bond acceptors (Lipinski definition) is 4. The van der Waals surface area contributed by atoms with Crippen LogP contribution in [0.3, 0.4) is 0 Å². The maximum absolute atomic E-state index is 13.2. The summed E-state index contributed by atoms with van der Waals surface area (Å²) in [5.74, 6) is -0.631. The van der Waals surface area contributed by atoms with E-state index in [-0.39, 0.29) is 17.6 Å². The minimum atomic E-state index is -0.638. The summed E-state index contributed by atoms with van der Waals surface area (Å²) in [6, 6.07) is 11.8. The topological polar surface area (TPSA) is 73.8 Å². The summed E-state index contributed by atoms with van der Waals surface area (Å²) in [6.45, 7) is 5.57. The Bertz CT molecular complexity index is 1010. The summed E-state index contributed by atoms with van der Waals surface area (Å²) in [7, 11) is 0. The molecular weight excluding hydrogens is 383 g/mol. The van der Waals surface area contributed by atoms with E-state index in [1.54, 1.807) is 12.1 Å². The summed E-state index contributed by atoms with van der Waals surface area (Å²) in [6.07, 6.45) is 1.25. The van der Waals surface area contributed by atoms with Crippen LogP contribution < -0.4 is 10.6 Å². The lowest BCUT2D eigenvalue weighted by Gasteiger charge is -2.36. The number of nitrogens with one attached hydrogen (secondary N) is 2. The number of aryl methyl sites for hydroxylation is 2. The van der Waals surface area contributed by atoms with Crippen molar-refractivity contribution in [3.63, 3.8) is 0 Å². The summed E-state index contributed by atoms with van der Waals surface area (Å²) in [5.41, 5.74) is 3.29. The SMILES string of the molecule is Cc1ccc(C)c(NC(=O)CN2CCC3(CC2)N=C(c2ccc(F)cc2)C(=O)N3)c1. The minimum Gasteiger partial charge on any atom is -0.326 e. The van der Waals surface area contributed by atoms with Crippen molar-refractivity contribution in [2.24, 2.45) is 4.99 Å². The lowest BCUT2D eigenvalue weighted by atomic mass is 9.98. The maximum Gasteiger partial charge on any atom is 0.272 e. The molecule has 2 heterocycles. The first-order valence-electron chi connectivity index (χ1n) is 10.1. The normalized spacial score (nSPS) is 18.2. The predicted octanol–water partition coefficient (Wildman–Crippen LogP) is 2.79. The molecular formula is C23H25FN4O2. The number of aliphatic imine (C=N–C) groups is 1. The quantitative estimate of drug-likeness (QED) is 0.817. The highest BCUT2D eigenvalue weighted by atomic mass is 19.1. The molecule has 7 heteroatoms. The third-order valence-corrected chi connectivity index (χ3v) is 5.72. The molecule has 156 valence electrons. The molecule has 4 rings (SSSR count). The van der Waals surface area contributed by atoms with Gasteiger partial charge in [0.05, 0.1) is 6.54 Å². The van der Waals surface area contributed by atoms with E-state index in [4.69, 9.17) is 0 Å². The number of anilines is 1. The van der Waals surface area contributed by atoms with Gasteiger partial charge in [-0.1, -0.05) is 12.1 Å². The Hall–Kier alpha value is -3.06. The fourth-order valence-corrected chi connectivity index (χ4v) is 3.95. The first kappa shape index (κ1) is 20.2. The van der Waals surface area contributed by atoms with Gasteiger partial charge in [0, 0.05) is 37.2 Å². The zero-order valence-corrected chi connectivity index (χ0v) is 17.2. The van der Waals surface area contributed by atoms with Crippen LogP contribution in [-0.2, 0) is 9.59 Å². The van der Waals surface area contributed by atoms with Crippen molar-refractivity contribution in [2.75, 3.05) is 25.0 Å². The van der Waals surface area contributed by atoms with Gasteiger partial charge in [-0.3, -0.25) is 19.5 Å². The molecule has 0 radical (unpaired) electrons. The first-order valence-corrected chi connectivity index (χ1v) is 10.1. The summed E-state index contributed by atoms with van der Waals surface area (Å²) >= 11 is 0. The van der Waals surface area contributed by atoms with Crippen molar-refractivity contribution in [2.45, 2.75) is 32.4 Å². The van der Waals surface area contributed by atoms with Gasteiger partial charge < -0.3 is 10.6 Å². The second kappa shape index (κ2) is 7.99. The van der Waals surface area contributed by atoms with Gasteiger partial charge in [-0.15, -0.1) is 0 Å². The fraction of sp³-hybridized carbons (Fsp3) is 0.348. The van der Waals surface area contributed by atoms with Crippen molar-refractivity contribution in [3.8, 4) is 0 Å². The van der Waals surface area contributed by atoms with Crippen molar-refractivity contribution in [3.05, 3.63) is 65.0 Å². The molecule has 0 bridgehead atoms. The van der Waals surface area contributed by atoms with Crippen LogP contribution in [-0.4, -0.2) is 47.7 Å². The molecule has 1 saturated heterocycles. The van der Waals surface area contributed by atoms with E-state index < -0.39 is 5.66 Å². The van der Waals surface area contributed by atoms with Crippen LogP contribution in [0.25, 0.3) is 0 Å². The highest BCUT2D eigenvalue weighted by molar-refractivity contribution is 6.46.